The van der Waals surface area contributed by atoms with E-state index in [1.165, 1.54) is 27.0 Å². The van der Waals surface area contributed by atoms with E-state index in [1.807, 2.05) is 6.07 Å². The van der Waals surface area contributed by atoms with Crippen molar-refractivity contribution in [2.75, 3.05) is 5.32 Å². The van der Waals surface area contributed by atoms with Gasteiger partial charge in [0.2, 0.25) is 0 Å². The Hall–Kier alpha value is -2.52. The molecule has 0 aliphatic rings. The van der Waals surface area contributed by atoms with Gasteiger partial charge in [0.05, 0.1) is 6.04 Å². The first-order valence-electron chi connectivity index (χ1n) is 7.75. The van der Waals surface area contributed by atoms with Gasteiger partial charge in [0.25, 0.3) is 0 Å². The molecule has 0 saturated carbocycles. The Morgan fingerprint density at radius 2 is 1.70 bits per heavy atom. The summed E-state index contributed by atoms with van der Waals surface area (Å²) in [6.07, 6.45) is 0. The van der Waals surface area contributed by atoms with Crippen LogP contribution in [0.1, 0.15) is 22.2 Å². The van der Waals surface area contributed by atoms with E-state index in [4.69, 9.17) is 0 Å². The standard InChI is InChI=1S/C20H18N2S/c1-14-19(16-10-5-6-11-17(16)21-14)20(18-12-7-13-23-18)22-15-8-3-2-4-9-15/h2-13,20-22H,1H3. The molecular formula is C20H18N2S. The number of hydrogen-bond acceptors (Lipinski definition) is 2. The molecule has 114 valence electrons. The first kappa shape index (κ1) is 14.1. The maximum atomic E-state index is 3.71. The molecule has 0 amide bonds. The Kier molecular flexibility index (Phi) is 3.64. The number of aromatic nitrogens is 1. The largest absolute Gasteiger partial charge is 0.373 e. The first-order chi connectivity index (χ1) is 11.3. The number of thiophene rings is 1. The number of H-pyrrole nitrogens is 1. The van der Waals surface area contributed by atoms with Crippen LogP contribution in [0, 0.1) is 6.92 Å². The summed E-state index contributed by atoms with van der Waals surface area (Å²) >= 11 is 1.79. The summed E-state index contributed by atoms with van der Waals surface area (Å²) in [5, 5.41) is 7.13. The van der Waals surface area contributed by atoms with Crippen molar-refractivity contribution in [3.05, 3.63) is 88.2 Å². The van der Waals surface area contributed by atoms with Crippen LogP contribution in [0.15, 0.2) is 72.1 Å². The van der Waals surface area contributed by atoms with Crippen LogP contribution in [0.25, 0.3) is 10.9 Å². The zero-order valence-electron chi connectivity index (χ0n) is 12.9. The number of aryl methyl sites for hydroxylation is 1. The van der Waals surface area contributed by atoms with Crippen LogP contribution in [-0.4, -0.2) is 4.98 Å². The summed E-state index contributed by atoms with van der Waals surface area (Å²) in [7, 11) is 0. The first-order valence-corrected chi connectivity index (χ1v) is 8.63. The molecule has 2 aromatic carbocycles. The molecule has 23 heavy (non-hydrogen) atoms. The molecule has 0 radical (unpaired) electrons. The number of rotatable bonds is 4. The maximum Gasteiger partial charge on any atom is 0.0883 e. The molecule has 2 aromatic heterocycles. The number of benzene rings is 2. The molecule has 0 bridgehead atoms. The van der Waals surface area contributed by atoms with Gasteiger partial charge in [-0.25, -0.2) is 0 Å². The fourth-order valence-corrected chi connectivity index (χ4v) is 3.90. The van der Waals surface area contributed by atoms with E-state index < -0.39 is 0 Å². The number of hydrogen-bond donors (Lipinski definition) is 2. The fourth-order valence-electron chi connectivity index (χ4n) is 3.11. The van der Waals surface area contributed by atoms with Crippen LogP contribution in [0.4, 0.5) is 5.69 Å². The molecule has 3 heteroatoms. The van der Waals surface area contributed by atoms with Gasteiger partial charge in [0.1, 0.15) is 0 Å². The van der Waals surface area contributed by atoms with Gasteiger partial charge < -0.3 is 10.3 Å². The third kappa shape index (κ3) is 2.64. The second kappa shape index (κ2) is 5.94. The summed E-state index contributed by atoms with van der Waals surface area (Å²) in [6, 6.07) is 23.4. The molecule has 2 heterocycles. The van der Waals surface area contributed by atoms with Gasteiger partial charge in [0.15, 0.2) is 0 Å². The van der Waals surface area contributed by atoms with Crippen molar-refractivity contribution in [2.24, 2.45) is 0 Å². The van der Waals surface area contributed by atoms with E-state index in [0.29, 0.717) is 0 Å². The van der Waals surface area contributed by atoms with Crippen LogP contribution in [0.3, 0.4) is 0 Å². The van der Waals surface area contributed by atoms with Crippen LogP contribution < -0.4 is 5.32 Å². The third-order valence-electron chi connectivity index (χ3n) is 4.14. The smallest absolute Gasteiger partial charge is 0.0883 e. The van der Waals surface area contributed by atoms with Crippen molar-refractivity contribution in [3.8, 4) is 0 Å². The van der Waals surface area contributed by atoms with Crippen LogP contribution in [-0.2, 0) is 0 Å². The Balaban J connectivity index is 1.86. The second-order valence-corrected chi connectivity index (χ2v) is 6.65. The molecule has 0 spiro atoms. The number of para-hydroxylation sites is 2. The minimum Gasteiger partial charge on any atom is -0.373 e. The highest BCUT2D eigenvalue weighted by Crippen LogP contribution is 2.36. The lowest BCUT2D eigenvalue weighted by Crippen LogP contribution is -2.11. The molecule has 4 rings (SSSR count). The lowest BCUT2D eigenvalue weighted by Gasteiger charge is -2.20. The lowest BCUT2D eigenvalue weighted by atomic mass is 10.0. The van der Waals surface area contributed by atoms with Gasteiger partial charge in [-0.3, -0.25) is 0 Å². The number of fused-ring (bicyclic) bond motifs is 1. The van der Waals surface area contributed by atoms with Gasteiger partial charge in [0, 0.05) is 32.7 Å². The van der Waals surface area contributed by atoms with Crippen LogP contribution in [0.2, 0.25) is 0 Å². The predicted molar refractivity (Wildman–Crippen MR) is 99.3 cm³/mol. The zero-order valence-corrected chi connectivity index (χ0v) is 13.7. The topological polar surface area (TPSA) is 27.8 Å². The highest BCUT2D eigenvalue weighted by Gasteiger charge is 2.21. The van der Waals surface area contributed by atoms with Crippen molar-refractivity contribution in [1.82, 2.24) is 4.98 Å². The molecule has 2 N–H and O–H groups in total. The van der Waals surface area contributed by atoms with Crippen molar-refractivity contribution in [2.45, 2.75) is 13.0 Å². The van der Waals surface area contributed by atoms with Crippen LogP contribution in [0.5, 0.6) is 0 Å². The summed E-state index contributed by atoms with van der Waals surface area (Å²) in [5.41, 5.74) is 4.87. The highest BCUT2D eigenvalue weighted by molar-refractivity contribution is 7.10. The van der Waals surface area contributed by atoms with E-state index >= 15 is 0 Å². The molecule has 1 unspecified atom stereocenters. The summed E-state index contributed by atoms with van der Waals surface area (Å²) in [5.74, 6) is 0. The Morgan fingerprint density at radius 1 is 0.913 bits per heavy atom. The van der Waals surface area contributed by atoms with Crippen LogP contribution >= 0.6 is 11.3 Å². The average molecular weight is 318 g/mol. The molecule has 0 aliphatic carbocycles. The zero-order chi connectivity index (χ0) is 15.6. The van der Waals surface area contributed by atoms with Gasteiger partial charge >= 0.3 is 0 Å². The SMILES string of the molecule is Cc1[nH]c2ccccc2c1C(Nc1ccccc1)c1cccs1. The maximum absolute atomic E-state index is 3.71. The molecular weight excluding hydrogens is 300 g/mol. The third-order valence-corrected chi connectivity index (χ3v) is 5.08. The van der Waals surface area contributed by atoms with E-state index in [2.05, 4.69) is 83.3 Å². The normalized spacial score (nSPS) is 12.4. The summed E-state index contributed by atoms with van der Waals surface area (Å²) in [6.45, 7) is 2.16. The second-order valence-electron chi connectivity index (χ2n) is 5.67. The quantitative estimate of drug-likeness (QED) is 0.493. The van der Waals surface area contributed by atoms with Crippen molar-refractivity contribution in [3.63, 3.8) is 0 Å². The number of aromatic amines is 1. The van der Waals surface area contributed by atoms with Crippen molar-refractivity contribution < 1.29 is 0 Å². The van der Waals surface area contributed by atoms with E-state index in [-0.39, 0.29) is 6.04 Å². The van der Waals surface area contributed by atoms with Crippen molar-refractivity contribution in [1.29, 1.82) is 0 Å². The Bertz CT molecular complexity index is 907. The number of anilines is 1. The predicted octanol–water partition coefficient (Wildman–Crippen LogP) is 5.74. The highest BCUT2D eigenvalue weighted by atomic mass is 32.1. The molecule has 0 fully saturated rings. The lowest BCUT2D eigenvalue weighted by molar-refractivity contribution is 0.957. The van der Waals surface area contributed by atoms with E-state index in [0.717, 1.165) is 5.69 Å². The minimum atomic E-state index is 0.147. The van der Waals surface area contributed by atoms with Gasteiger partial charge in [-0.05, 0) is 36.6 Å². The van der Waals surface area contributed by atoms with Gasteiger partial charge in [-0.1, -0.05) is 42.5 Å². The molecule has 0 saturated heterocycles. The van der Waals surface area contributed by atoms with Gasteiger partial charge in [-0.2, -0.15) is 0 Å². The minimum absolute atomic E-state index is 0.147. The molecule has 1 atom stereocenters. The molecule has 0 aliphatic heterocycles. The van der Waals surface area contributed by atoms with Gasteiger partial charge in [-0.15, -0.1) is 11.3 Å². The Morgan fingerprint density at radius 3 is 2.48 bits per heavy atom. The number of nitrogens with one attached hydrogen (secondary N) is 2. The average Bonchev–Trinajstić information content (AvgIpc) is 3.21. The van der Waals surface area contributed by atoms with Crippen molar-refractivity contribution >= 4 is 27.9 Å². The summed E-state index contributed by atoms with van der Waals surface area (Å²) < 4.78 is 0. The molecule has 4 aromatic rings. The summed E-state index contributed by atoms with van der Waals surface area (Å²) in [4.78, 5) is 4.84. The molecule has 2 nitrogen and oxygen atoms in total. The van der Waals surface area contributed by atoms with E-state index in [1.54, 1.807) is 11.3 Å². The fraction of sp³-hybridized carbons (Fsp3) is 0.100. The van der Waals surface area contributed by atoms with E-state index in [9.17, 15) is 0 Å². The monoisotopic (exact) mass is 318 g/mol. The Labute approximate surface area is 139 Å².